The predicted molar refractivity (Wildman–Crippen MR) is 105 cm³/mol. The summed E-state index contributed by atoms with van der Waals surface area (Å²) in [6.07, 6.45) is 4.53. The summed E-state index contributed by atoms with van der Waals surface area (Å²) in [5.41, 5.74) is 0.222. The molecule has 2 atom stereocenters. The van der Waals surface area contributed by atoms with Crippen LogP contribution in [0.5, 0.6) is 0 Å². The van der Waals surface area contributed by atoms with Gasteiger partial charge < -0.3 is 14.5 Å². The average Bonchev–Trinajstić information content (AvgIpc) is 3.31. The van der Waals surface area contributed by atoms with Gasteiger partial charge in [0.1, 0.15) is 33.5 Å². The van der Waals surface area contributed by atoms with Crippen molar-refractivity contribution in [3.63, 3.8) is 0 Å². The highest BCUT2D eigenvalue weighted by molar-refractivity contribution is 7.82. The van der Waals surface area contributed by atoms with Gasteiger partial charge in [0.25, 0.3) is 11.5 Å². The van der Waals surface area contributed by atoms with E-state index in [1.807, 2.05) is 0 Å². The van der Waals surface area contributed by atoms with Crippen LogP contribution in [0.3, 0.4) is 0 Å². The molecular weight excluding hydrogens is 398 g/mol. The van der Waals surface area contributed by atoms with Crippen LogP contribution in [-0.4, -0.2) is 37.4 Å². The van der Waals surface area contributed by atoms with Crippen LogP contribution in [0, 0.1) is 6.92 Å². The number of nitrogens with one attached hydrogen (secondary N) is 1. The van der Waals surface area contributed by atoms with E-state index in [0.717, 1.165) is 12.8 Å². The molecule has 0 saturated carbocycles. The van der Waals surface area contributed by atoms with E-state index in [0.29, 0.717) is 18.8 Å². The highest BCUT2D eigenvalue weighted by atomic mass is 32.2. The molecule has 29 heavy (non-hydrogen) atoms. The Bertz CT molecular complexity index is 1150. The molecule has 2 unspecified atom stereocenters. The summed E-state index contributed by atoms with van der Waals surface area (Å²) in [4.78, 5) is 34.0. The lowest BCUT2D eigenvalue weighted by atomic mass is 10.1. The van der Waals surface area contributed by atoms with Crippen LogP contribution in [0.4, 0.5) is 5.69 Å². The first kappa shape index (κ1) is 19.4. The maximum absolute atomic E-state index is 13.0. The first-order valence-electron chi connectivity index (χ1n) is 8.97. The number of ether oxygens (including phenoxy) is 1. The van der Waals surface area contributed by atoms with Crippen molar-refractivity contribution in [1.29, 1.82) is 0 Å². The number of anilines is 1. The zero-order valence-corrected chi connectivity index (χ0v) is 16.4. The van der Waals surface area contributed by atoms with Crippen LogP contribution >= 0.6 is 0 Å². The number of nitrogens with zero attached hydrogens (tertiary/aromatic N) is 3. The van der Waals surface area contributed by atoms with Crippen LogP contribution in [0.2, 0.25) is 0 Å². The zero-order chi connectivity index (χ0) is 20.5. The number of rotatable bonds is 5. The quantitative estimate of drug-likeness (QED) is 0.633. The lowest BCUT2D eigenvalue weighted by Crippen LogP contribution is -2.27. The van der Waals surface area contributed by atoms with Gasteiger partial charge in [-0.25, -0.2) is 19.3 Å². The van der Waals surface area contributed by atoms with Crippen LogP contribution in [-0.2, 0) is 22.3 Å². The molecule has 0 radical (unpaired) electrons. The summed E-state index contributed by atoms with van der Waals surface area (Å²) in [5.74, 6) is -0.247. The number of furan rings is 1. The second-order valence-electron chi connectivity index (χ2n) is 6.69. The number of amides is 1. The maximum atomic E-state index is 13.0. The topological polar surface area (TPSA) is 142 Å². The molecule has 4 rings (SSSR count). The third-order valence-electron chi connectivity index (χ3n) is 4.71. The molecule has 1 aliphatic heterocycles. The highest BCUT2D eigenvalue weighted by Crippen LogP contribution is 2.23. The van der Waals surface area contributed by atoms with E-state index in [-0.39, 0.29) is 39.1 Å². The number of aryl methyl sites for hydroxylation is 1. The lowest BCUT2D eigenvalue weighted by Gasteiger charge is -2.11. The minimum Gasteiger partial charge on any atom is -0.442 e. The Morgan fingerprint density at radius 2 is 2.24 bits per heavy atom. The smallest absolute Gasteiger partial charge is 0.265 e. The lowest BCUT2D eigenvalue weighted by molar-refractivity contribution is 0.0960. The van der Waals surface area contributed by atoms with E-state index in [4.69, 9.17) is 14.3 Å². The second-order valence-corrected chi connectivity index (χ2v) is 7.70. The number of hydrogen-bond acceptors (Lipinski definition) is 7. The minimum absolute atomic E-state index is 0.0464. The molecule has 3 N–H and O–H groups in total. The molecule has 1 saturated heterocycles. The van der Waals surface area contributed by atoms with E-state index in [2.05, 4.69) is 15.3 Å². The van der Waals surface area contributed by atoms with Gasteiger partial charge in [-0.2, -0.15) is 0 Å². The van der Waals surface area contributed by atoms with Gasteiger partial charge in [-0.1, -0.05) is 0 Å². The second kappa shape index (κ2) is 7.85. The molecule has 1 fully saturated rings. The molecule has 0 aromatic carbocycles. The first-order valence-corrected chi connectivity index (χ1v) is 10.2. The van der Waals surface area contributed by atoms with E-state index in [1.54, 1.807) is 6.92 Å². The Balaban J connectivity index is 1.66. The summed E-state index contributed by atoms with van der Waals surface area (Å²) >= 11 is 0. The molecule has 3 aromatic rings. The van der Waals surface area contributed by atoms with Gasteiger partial charge in [0.2, 0.25) is 5.71 Å². The van der Waals surface area contributed by atoms with Gasteiger partial charge in [0.15, 0.2) is 0 Å². The summed E-state index contributed by atoms with van der Waals surface area (Å²) < 4.78 is 23.8. The number of hydrogen-bond donors (Lipinski definition) is 2. The monoisotopic (exact) mass is 417 g/mol. The standard InChI is InChI=1S/C18H19N5O5S/c1-10-14(16(24)22-11-4-5-13(20-7-11)29(19)26)15-17(28-10)21-9-23(18(15)25)8-12-3-2-6-27-12/h4-5,7,9,12H,2-3,6,8,19H2,1H3,(H,22,24). The van der Waals surface area contributed by atoms with Crippen molar-refractivity contribution in [2.45, 2.75) is 37.4 Å². The molecule has 3 aromatic heterocycles. The molecule has 4 heterocycles. The number of carbonyl (C=O) groups is 1. The molecule has 0 spiro atoms. The third-order valence-corrected chi connectivity index (χ3v) is 5.36. The Morgan fingerprint density at radius 1 is 1.41 bits per heavy atom. The number of aromatic nitrogens is 3. The van der Waals surface area contributed by atoms with Crippen molar-refractivity contribution < 1.29 is 18.2 Å². The third kappa shape index (κ3) is 3.84. The summed E-state index contributed by atoms with van der Waals surface area (Å²) in [7, 11) is -1.71. The Morgan fingerprint density at radius 3 is 2.90 bits per heavy atom. The van der Waals surface area contributed by atoms with E-state index >= 15 is 0 Å². The number of fused-ring (bicyclic) bond motifs is 1. The largest absolute Gasteiger partial charge is 0.442 e. The van der Waals surface area contributed by atoms with Crippen molar-refractivity contribution in [1.82, 2.24) is 14.5 Å². The number of pyridine rings is 1. The predicted octanol–water partition coefficient (Wildman–Crippen LogP) is 1.11. The van der Waals surface area contributed by atoms with Crippen LogP contribution < -0.4 is 16.0 Å². The highest BCUT2D eigenvalue weighted by Gasteiger charge is 2.24. The van der Waals surface area contributed by atoms with E-state index in [9.17, 15) is 13.8 Å². The Labute approximate surface area is 167 Å². The van der Waals surface area contributed by atoms with E-state index in [1.165, 1.54) is 29.2 Å². The van der Waals surface area contributed by atoms with Gasteiger partial charge in [-0.15, -0.1) is 0 Å². The summed E-state index contributed by atoms with van der Waals surface area (Å²) in [6.45, 7) is 2.65. The first-order chi connectivity index (χ1) is 13.9. The molecule has 0 aliphatic carbocycles. The molecule has 0 bridgehead atoms. The van der Waals surface area contributed by atoms with Crippen LogP contribution in [0.1, 0.15) is 29.0 Å². The molecule has 10 nitrogen and oxygen atoms in total. The molecular formula is C18H19N5O5S. The molecule has 1 amide bonds. The fraction of sp³-hybridized carbons (Fsp3) is 0.333. The fourth-order valence-corrected chi connectivity index (χ4v) is 3.67. The van der Waals surface area contributed by atoms with Crippen molar-refractivity contribution in [2.24, 2.45) is 5.14 Å². The number of carbonyl (C=O) groups excluding carboxylic acids is 1. The van der Waals surface area contributed by atoms with Gasteiger partial charge in [-0.3, -0.25) is 14.2 Å². The maximum Gasteiger partial charge on any atom is 0.265 e. The molecule has 11 heteroatoms. The van der Waals surface area contributed by atoms with Crippen molar-refractivity contribution >= 4 is 33.7 Å². The SMILES string of the molecule is Cc1oc2ncn(CC3CCCO3)c(=O)c2c1C(=O)Nc1ccc(S(N)=O)nc1. The van der Waals surface area contributed by atoms with Crippen molar-refractivity contribution in [3.05, 3.63) is 46.3 Å². The van der Waals surface area contributed by atoms with E-state index < -0.39 is 16.9 Å². The van der Waals surface area contributed by atoms with Crippen molar-refractivity contribution in [2.75, 3.05) is 11.9 Å². The fourth-order valence-electron chi connectivity index (χ4n) is 3.32. The Kier molecular flexibility index (Phi) is 5.26. The van der Waals surface area contributed by atoms with Gasteiger partial charge in [0.05, 0.1) is 30.1 Å². The Hall–Kier alpha value is -2.89. The molecule has 152 valence electrons. The zero-order valence-electron chi connectivity index (χ0n) is 15.6. The summed E-state index contributed by atoms with van der Waals surface area (Å²) in [6, 6.07) is 2.97. The van der Waals surface area contributed by atoms with Gasteiger partial charge >= 0.3 is 0 Å². The molecule has 1 aliphatic rings. The van der Waals surface area contributed by atoms with Crippen LogP contribution in [0.15, 0.2) is 38.9 Å². The number of nitrogens with two attached hydrogens (primary N) is 1. The van der Waals surface area contributed by atoms with Crippen LogP contribution in [0.25, 0.3) is 11.1 Å². The van der Waals surface area contributed by atoms with Gasteiger partial charge in [-0.05, 0) is 31.9 Å². The minimum atomic E-state index is -1.71. The van der Waals surface area contributed by atoms with Crippen molar-refractivity contribution in [3.8, 4) is 0 Å². The normalized spacial score (nSPS) is 17.5. The van der Waals surface area contributed by atoms with Gasteiger partial charge in [0, 0.05) is 6.61 Å². The summed E-state index contributed by atoms with van der Waals surface area (Å²) in [5, 5.41) is 8.24. The average molecular weight is 417 g/mol.